The van der Waals surface area contributed by atoms with Crippen LogP contribution in [0.4, 0.5) is 4.39 Å². The van der Waals surface area contributed by atoms with Gasteiger partial charge in [-0.1, -0.05) is 0 Å². The molecule has 4 aliphatic carbocycles. The number of carbonyl (C=O) groups excluding carboxylic acids is 2. The Bertz CT molecular complexity index is 797. The zero-order valence-electron chi connectivity index (χ0n) is 17.0. The lowest BCUT2D eigenvalue weighted by Gasteiger charge is -2.60. The average molecular weight is 414 g/mol. The third kappa shape index (κ3) is 4.43. The van der Waals surface area contributed by atoms with Crippen molar-refractivity contribution >= 4 is 11.9 Å². The molecule has 7 heteroatoms. The van der Waals surface area contributed by atoms with E-state index >= 15 is 0 Å². The van der Waals surface area contributed by atoms with Gasteiger partial charge in [0.05, 0.1) is 12.5 Å². The molecule has 0 atom stereocenters. The molecule has 0 saturated heterocycles. The summed E-state index contributed by atoms with van der Waals surface area (Å²) in [7, 11) is 0. The maximum atomic E-state index is 13.0. The molecule has 0 spiro atoms. The van der Waals surface area contributed by atoms with Gasteiger partial charge < -0.3 is 14.4 Å². The Morgan fingerprint density at radius 3 is 2.23 bits per heavy atom. The number of benzene rings is 1. The van der Waals surface area contributed by atoms with Crippen molar-refractivity contribution in [1.82, 2.24) is 4.90 Å². The van der Waals surface area contributed by atoms with E-state index in [4.69, 9.17) is 14.7 Å². The first-order chi connectivity index (χ1) is 14.5. The van der Waals surface area contributed by atoms with Crippen LogP contribution in [0.3, 0.4) is 0 Å². The van der Waals surface area contributed by atoms with E-state index in [1.54, 1.807) is 0 Å². The predicted octanol–water partition coefficient (Wildman–Crippen LogP) is 3.46. The van der Waals surface area contributed by atoms with Gasteiger partial charge in [-0.2, -0.15) is 5.26 Å². The largest absolute Gasteiger partial charge is 0.482 e. The molecule has 4 bridgehead atoms. The summed E-state index contributed by atoms with van der Waals surface area (Å²) in [5.74, 6) is 1.07. The van der Waals surface area contributed by atoms with Crippen molar-refractivity contribution in [3.8, 4) is 11.8 Å². The smallest absolute Gasteiger partial charge is 0.344 e. The lowest BCUT2D eigenvalue weighted by Crippen LogP contribution is -2.62. The molecule has 4 saturated carbocycles. The molecule has 0 radical (unpaired) electrons. The van der Waals surface area contributed by atoms with Gasteiger partial charge in [-0.15, -0.1) is 0 Å². The van der Waals surface area contributed by atoms with E-state index in [2.05, 4.69) is 6.07 Å². The molecular formula is C23H27FN2O4. The van der Waals surface area contributed by atoms with Crippen LogP contribution in [-0.4, -0.2) is 42.1 Å². The molecule has 0 heterocycles. The fourth-order valence-electron chi connectivity index (χ4n) is 6.12. The fraction of sp³-hybridized carbons (Fsp3) is 0.609. The van der Waals surface area contributed by atoms with Crippen LogP contribution in [0.15, 0.2) is 24.3 Å². The molecule has 1 amide bonds. The second-order valence-electron chi connectivity index (χ2n) is 9.00. The Kier molecular flexibility index (Phi) is 5.94. The van der Waals surface area contributed by atoms with Gasteiger partial charge in [-0.3, -0.25) is 4.79 Å². The summed E-state index contributed by atoms with van der Waals surface area (Å²) < 4.78 is 23.4. The number of nitrogens with zero attached hydrogens (tertiary/aromatic N) is 2. The normalized spacial score (nSPS) is 28.6. The molecule has 5 rings (SSSR count). The number of rotatable bonds is 8. The maximum Gasteiger partial charge on any atom is 0.344 e. The van der Waals surface area contributed by atoms with Gasteiger partial charge in [0.1, 0.15) is 11.6 Å². The molecule has 160 valence electrons. The summed E-state index contributed by atoms with van der Waals surface area (Å²) >= 11 is 0. The summed E-state index contributed by atoms with van der Waals surface area (Å²) in [5.41, 5.74) is -0.181. The van der Waals surface area contributed by atoms with Crippen LogP contribution >= 0.6 is 0 Å². The highest BCUT2D eigenvalue weighted by atomic mass is 19.1. The summed E-state index contributed by atoms with van der Waals surface area (Å²) in [6.07, 6.45) is 7.04. The standard InChI is InChI=1S/C23H27FN2O4/c24-19-2-4-20(5-3-19)29-15-22(28)30-14-21(27)26(7-1-6-25)23-11-16-8-17(12-23)10-18(9-16)13-23/h2-5,16-18H,1,7-15H2. The first kappa shape index (κ1) is 20.6. The van der Waals surface area contributed by atoms with Gasteiger partial charge >= 0.3 is 5.97 Å². The zero-order valence-corrected chi connectivity index (χ0v) is 17.0. The van der Waals surface area contributed by atoms with Crippen molar-refractivity contribution in [3.05, 3.63) is 30.1 Å². The molecular weight excluding hydrogens is 387 g/mol. The number of ether oxygens (including phenoxy) is 2. The minimum atomic E-state index is -0.654. The first-order valence-electron chi connectivity index (χ1n) is 10.7. The van der Waals surface area contributed by atoms with Crippen molar-refractivity contribution in [2.45, 2.75) is 50.5 Å². The Labute approximate surface area is 175 Å². The van der Waals surface area contributed by atoms with Crippen molar-refractivity contribution in [2.75, 3.05) is 19.8 Å². The number of nitriles is 1. The number of esters is 1. The SMILES string of the molecule is N#CCCN(C(=O)COC(=O)COc1ccc(F)cc1)C12CC3CC(CC(C3)C1)C2. The van der Waals surface area contributed by atoms with E-state index in [0.717, 1.165) is 19.3 Å². The molecule has 4 aliphatic rings. The highest BCUT2D eigenvalue weighted by Gasteiger charge is 2.54. The number of hydrogen-bond donors (Lipinski definition) is 0. The van der Waals surface area contributed by atoms with Gasteiger partial charge in [0.2, 0.25) is 0 Å². The fourth-order valence-corrected chi connectivity index (χ4v) is 6.12. The molecule has 0 unspecified atom stereocenters. The maximum absolute atomic E-state index is 13.0. The van der Waals surface area contributed by atoms with Gasteiger partial charge in [-0.25, -0.2) is 9.18 Å². The van der Waals surface area contributed by atoms with Crippen LogP contribution in [0.25, 0.3) is 0 Å². The van der Waals surface area contributed by atoms with Crippen LogP contribution < -0.4 is 4.74 Å². The Balaban J connectivity index is 1.34. The van der Waals surface area contributed by atoms with Crippen LogP contribution in [-0.2, 0) is 14.3 Å². The minimum absolute atomic E-state index is 0.181. The Morgan fingerprint density at radius 1 is 1.07 bits per heavy atom. The molecule has 4 fully saturated rings. The van der Waals surface area contributed by atoms with Crippen LogP contribution in [0.2, 0.25) is 0 Å². The third-order valence-electron chi connectivity index (χ3n) is 6.85. The zero-order chi connectivity index (χ0) is 21.1. The van der Waals surface area contributed by atoms with Crippen LogP contribution in [0, 0.1) is 34.9 Å². The summed E-state index contributed by atoms with van der Waals surface area (Å²) in [6, 6.07) is 7.46. The molecule has 1 aromatic carbocycles. The molecule has 0 N–H and O–H groups in total. The highest BCUT2D eigenvalue weighted by Crippen LogP contribution is 2.57. The van der Waals surface area contributed by atoms with E-state index in [1.165, 1.54) is 43.5 Å². The van der Waals surface area contributed by atoms with E-state index < -0.39 is 11.8 Å². The quantitative estimate of drug-likeness (QED) is 0.609. The Hall–Kier alpha value is -2.62. The van der Waals surface area contributed by atoms with Crippen molar-refractivity contribution in [2.24, 2.45) is 17.8 Å². The lowest BCUT2D eigenvalue weighted by atomic mass is 9.52. The highest BCUT2D eigenvalue weighted by molar-refractivity contribution is 5.81. The second-order valence-corrected chi connectivity index (χ2v) is 9.00. The van der Waals surface area contributed by atoms with Gasteiger partial charge in [0.25, 0.3) is 5.91 Å². The Morgan fingerprint density at radius 2 is 1.67 bits per heavy atom. The molecule has 30 heavy (non-hydrogen) atoms. The topological polar surface area (TPSA) is 79.6 Å². The van der Waals surface area contributed by atoms with E-state index in [1.807, 2.05) is 4.90 Å². The van der Waals surface area contributed by atoms with Crippen LogP contribution in [0.1, 0.15) is 44.9 Å². The van der Waals surface area contributed by atoms with Crippen molar-refractivity contribution in [3.63, 3.8) is 0 Å². The second kappa shape index (κ2) is 8.63. The predicted molar refractivity (Wildman–Crippen MR) is 106 cm³/mol. The van der Waals surface area contributed by atoms with E-state index in [9.17, 15) is 14.0 Å². The minimum Gasteiger partial charge on any atom is -0.482 e. The van der Waals surface area contributed by atoms with Gasteiger partial charge in [-0.05, 0) is 80.5 Å². The van der Waals surface area contributed by atoms with E-state index in [0.29, 0.717) is 30.0 Å². The number of hydrogen-bond acceptors (Lipinski definition) is 5. The van der Waals surface area contributed by atoms with E-state index in [-0.39, 0.29) is 31.1 Å². The first-order valence-corrected chi connectivity index (χ1v) is 10.7. The number of carbonyl (C=O) groups is 2. The molecule has 0 aliphatic heterocycles. The molecule has 0 aromatic heterocycles. The number of amides is 1. The van der Waals surface area contributed by atoms with Crippen molar-refractivity contribution in [1.29, 1.82) is 5.26 Å². The van der Waals surface area contributed by atoms with Crippen molar-refractivity contribution < 1.29 is 23.5 Å². The third-order valence-corrected chi connectivity index (χ3v) is 6.85. The monoisotopic (exact) mass is 414 g/mol. The summed E-state index contributed by atoms with van der Waals surface area (Å²) in [6.45, 7) is -0.321. The summed E-state index contributed by atoms with van der Waals surface area (Å²) in [5, 5.41) is 9.08. The summed E-state index contributed by atoms with van der Waals surface area (Å²) in [4.78, 5) is 26.9. The average Bonchev–Trinajstić information content (AvgIpc) is 2.71. The van der Waals surface area contributed by atoms with Gasteiger partial charge in [0.15, 0.2) is 13.2 Å². The molecule has 6 nitrogen and oxygen atoms in total. The van der Waals surface area contributed by atoms with Gasteiger partial charge in [0, 0.05) is 12.1 Å². The number of halogens is 1. The van der Waals surface area contributed by atoms with Crippen LogP contribution in [0.5, 0.6) is 5.75 Å². The lowest BCUT2D eigenvalue weighted by molar-refractivity contribution is -0.163. The molecule has 1 aromatic rings.